The van der Waals surface area contributed by atoms with Crippen molar-refractivity contribution < 1.29 is 0 Å². The van der Waals surface area contributed by atoms with Crippen molar-refractivity contribution in [2.24, 2.45) is 0 Å². The van der Waals surface area contributed by atoms with Gasteiger partial charge in [-0.05, 0) is 6.92 Å². The van der Waals surface area contributed by atoms with Crippen molar-refractivity contribution in [1.82, 2.24) is 4.98 Å². The Morgan fingerprint density at radius 2 is 2.55 bits per heavy atom. The van der Waals surface area contributed by atoms with E-state index in [1.807, 2.05) is 18.7 Å². The topological polar surface area (TPSA) is 12.9 Å². The number of nitrogens with zero attached hydrogens (tertiary/aromatic N) is 1. The van der Waals surface area contributed by atoms with Crippen molar-refractivity contribution in [2.75, 3.05) is 11.6 Å². The van der Waals surface area contributed by atoms with Gasteiger partial charge in [0.15, 0.2) is 0 Å². The summed E-state index contributed by atoms with van der Waals surface area (Å²) >= 11 is 9.10. The van der Waals surface area contributed by atoms with Gasteiger partial charge in [-0.2, -0.15) is 11.8 Å². The molecule has 0 N–H and O–H groups in total. The molecule has 0 bridgehead atoms. The Morgan fingerprint density at radius 1 is 1.73 bits per heavy atom. The number of aryl methyl sites for hydroxylation is 1. The molecule has 0 unspecified atom stereocenters. The van der Waals surface area contributed by atoms with Crippen LogP contribution >= 0.6 is 34.7 Å². The Bertz CT molecular complexity index is 212. The molecule has 0 atom stereocenters. The first kappa shape index (κ1) is 9.36. The fourth-order valence-electron chi connectivity index (χ4n) is 0.683. The number of rotatable bonds is 4. The lowest BCUT2D eigenvalue weighted by Crippen LogP contribution is -1.82. The molecule has 0 aromatic carbocycles. The number of thiazole rings is 1. The zero-order chi connectivity index (χ0) is 8.10. The number of halogens is 1. The predicted octanol–water partition coefficient (Wildman–Crippen LogP) is 2.92. The minimum Gasteiger partial charge on any atom is -0.246 e. The van der Waals surface area contributed by atoms with Gasteiger partial charge in [0.2, 0.25) is 0 Å². The van der Waals surface area contributed by atoms with Gasteiger partial charge < -0.3 is 0 Å². The summed E-state index contributed by atoms with van der Waals surface area (Å²) in [7, 11) is 0. The fraction of sp³-hybridized carbons (Fsp3) is 0.571. The van der Waals surface area contributed by atoms with Crippen LogP contribution in [0.15, 0.2) is 5.38 Å². The van der Waals surface area contributed by atoms with E-state index in [2.05, 4.69) is 10.4 Å². The number of aromatic nitrogens is 1. The van der Waals surface area contributed by atoms with Crippen LogP contribution in [-0.4, -0.2) is 16.6 Å². The maximum Gasteiger partial charge on any atom is 0.103 e. The van der Waals surface area contributed by atoms with Gasteiger partial charge in [0.1, 0.15) is 5.01 Å². The number of hydrogen-bond donors (Lipinski definition) is 0. The predicted molar refractivity (Wildman–Crippen MR) is 53.7 cm³/mol. The highest BCUT2D eigenvalue weighted by molar-refractivity contribution is 7.98. The summed E-state index contributed by atoms with van der Waals surface area (Å²) in [5, 5.41) is 3.29. The van der Waals surface area contributed by atoms with Gasteiger partial charge >= 0.3 is 0 Å². The van der Waals surface area contributed by atoms with E-state index in [1.165, 1.54) is 5.01 Å². The van der Waals surface area contributed by atoms with E-state index in [9.17, 15) is 0 Å². The van der Waals surface area contributed by atoms with Crippen LogP contribution in [0.5, 0.6) is 0 Å². The van der Waals surface area contributed by atoms with E-state index < -0.39 is 0 Å². The number of hydrogen-bond acceptors (Lipinski definition) is 3. The molecule has 62 valence electrons. The van der Waals surface area contributed by atoms with E-state index in [4.69, 9.17) is 11.6 Å². The maximum absolute atomic E-state index is 5.54. The summed E-state index contributed by atoms with van der Waals surface area (Å²) in [5.41, 5.74) is 1.12. The first-order valence-corrected chi connectivity index (χ1v) is 5.94. The van der Waals surface area contributed by atoms with E-state index in [-0.39, 0.29) is 0 Å². The molecule has 0 radical (unpaired) electrons. The Kier molecular flexibility index (Phi) is 4.26. The van der Waals surface area contributed by atoms with Crippen molar-refractivity contribution >= 4 is 34.7 Å². The molecule has 1 aromatic rings. The second-order valence-corrected chi connectivity index (χ2v) is 4.55. The molecule has 0 aliphatic carbocycles. The van der Waals surface area contributed by atoms with Gasteiger partial charge in [0.25, 0.3) is 0 Å². The monoisotopic (exact) mass is 207 g/mol. The van der Waals surface area contributed by atoms with Crippen LogP contribution in [0.2, 0.25) is 0 Å². The molecular weight excluding hydrogens is 198 g/mol. The van der Waals surface area contributed by atoms with Gasteiger partial charge in [-0.1, -0.05) is 0 Å². The molecule has 1 nitrogen and oxygen atoms in total. The van der Waals surface area contributed by atoms with Crippen LogP contribution in [0.4, 0.5) is 0 Å². The molecule has 0 spiro atoms. The van der Waals surface area contributed by atoms with Gasteiger partial charge in [-0.15, -0.1) is 22.9 Å². The lowest BCUT2D eigenvalue weighted by atomic mass is 10.6. The van der Waals surface area contributed by atoms with Crippen LogP contribution in [0.25, 0.3) is 0 Å². The van der Waals surface area contributed by atoms with Gasteiger partial charge in [0.05, 0.1) is 0 Å². The Morgan fingerprint density at radius 3 is 3.09 bits per heavy atom. The molecule has 11 heavy (non-hydrogen) atoms. The van der Waals surface area contributed by atoms with Crippen LogP contribution < -0.4 is 0 Å². The minimum atomic E-state index is 0.731. The normalized spacial score (nSPS) is 10.4. The van der Waals surface area contributed by atoms with Crippen molar-refractivity contribution in [3.05, 3.63) is 16.1 Å². The molecule has 1 rings (SSSR count). The summed E-state index contributed by atoms with van der Waals surface area (Å²) in [6.45, 7) is 2.02. The Balaban J connectivity index is 2.27. The largest absolute Gasteiger partial charge is 0.246 e. The second kappa shape index (κ2) is 5.01. The lowest BCUT2D eigenvalue weighted by Gasteiger charge is -1.92. The van der Waals surface area contributed by atoms with E-state index in [0.29, 0.717) is 0 Å². The second-order valence-electron chi connectivity index (χ2n) is 2.12. The summed E-state index contributed by atoms with van der Waals surface area (Å²) in [5.74, 6) is 2.75. The van der Waals surface area contributed by atoms with Gasteiger partial charge in [-0.3, -0.25) is 0 Å². The summed E-state index contributed by atoms with van der Waals surface area (Å²) < 4.78 is 0. The van der Waals surface area contributed by atoms with E-state index in [0.717, 1.165) is 23.1 Å². The quantitative estimate of drug-likeness (QED) is 0.556. The van der Waals surface area contributed by atoms with Crippen molar-refractivity contribution in [1.29, 1.82) is 0 Å². The molecule has 4 heteroatoms. The van der Waals surface area contributed by atoms with Crippen LogP contribution in [0, 0.1) is 6.92 Å². The molecule has 0 saturated heterocycles. The van der Waals surface area contributed by atoms with Crippen LogP contribution in [-0.2, 0) is 5.75 Å². The van der Waals surface area contributed by atoms with Gasteiger partial charge in [0, 0.05) is 28.5 Å². The Labute approximate surface area is 80.2 Å². The molecule has 1 heterocycles. The first-order chi connectivity index (χ1) is 5.33. The molecule has 0 amide bonds. The number of alkyl halides is 1. The molecule has 1 aromatic heterocycles. The van der Waals surface area contributed by atoms with Crippen molar-refractivity contribution in [3.8, 4) is 0 Å². The highest BCUT2D eigenvalue weighted by atomic mass is 35.5. The summed E-state index contributed by atoms with van der Waals surface area (Å²) in [6, 6.07) is 0. The smallest absolute Gasteiger partial charge is 0.103 e. The first-order valence-electron chi connectivity index (χ1n) is 3.37. The van der Waals surface area contributed by atoms with Crippen LogP contribution in [0.1, 0.15) is 10.7 Å². The Hall–Kier alpha value is 0.270. The summed E-state index contributed by atoms with van der Waals surface area (Å²) in [6.07, 6.45) is 0. The third kappa shape index (κ3) is 3.45. The van der Waals surface area contributed by atoms with Crippen LogP contribution in [0.3, 0.4) is 0 Å². The maximum atomic E-state index is 5.54. The third-order valence-electron chi connectivity index (χ3n) is 1.11. The average molecular weight is 208 g/mol. The fourth-order valence-corrected chi connectivity index (χ4v) is 2.58. The van der Waals surface area contributed by atoms with Gasteiger partial charge in [-0.25, -0.2) is 4.98 Å². The van der Waals surface area contributed by atoms with E-state index >= 15 is 0 Å². The zero-order valence-corrected chi connectivity index (χ0v) is 8.73. The molecule has 0 aliphatic heterocycles. The number of thioether (sulfide) groups is 1. The highest BCUT2D eigenvalue weighted by Crippen LogP contribution is 2.16. The highest BCUT2D eigenvalue weighted by Gasteiger charge is 1.97. The lowest BCUT2D eigenvalue weighted by molar-refractivity contribution is 1.18. The standard InChI is InChI=1S/C7H10ClNS2/c1-6-4-11-7(9-6)5-10-3-2-8/h4H,2-3,5H2,1H3. The third-order valence-corrected chi connectivity index (χ3v) is 3.65. The molecular formula is C7H10ClNS2. The molecule has 0 aliphatic rings. The SMILES string of the molecule is Cc1csc(CSCCCl)n1. The van der Waals surface area contributed by atoms with Crippen molar-refractivity contribution in [3.63, 3.8) is 0 Å². The molecule has 0 fully saturated rings. The summed E-state index contributed by atoms with van der Waals surface area (Å²) in [4.78, 5) is 4.34. The molecule has 0 saturated carbocycles. The van der Waals surface area contributed by atoms with Crippen molar-refractivity contribution in [2.45, 2.75) is 12.7 Å². The average Bonchev–Trinajstić information content (AvgIpc) is 2.37. The minimum absolute atomic E-state index is 0.731. The van der Waals surface area contributed by atoms with E-state index in [1.54, 1.807) is 11.3 Å². The zero-order valence-electron chi connectivity index (χ0n) is 6.34.